The number of benzene rings is 2. The lowest BCUT2D eigenvalue weighted by atomic mass is 10.1. The molecule has 2 aromatic carbocycles. The van der Waals surface area contributed by atoms with Crippen LogP contribution in [-0.4, -0.2) is 22.4 Å². The first-order chi connectivity index (χ1) is 14.1. The van der Waals surface area contributed by atoms with Gasteiger partial charge in [-0.3, -0.25) is 4.79 Å². The van der Waals surface area contributed by atoms with Crippen LogP contribution in [0.5, 0.6) is 0 Å². The largest absolute Gasteiger partial charge is 0.383 e. The summed E-state index contributed by atoms with van der Waals surface area (Å²) in [7, 11) is 0. The third kappa shape index (κ3) is 4.29. The molecule has 0 bridgehead atoms. The molecule has 0 aliphatic rings. The maximum absolute atomic E-state index is 12.5. The lowest BCUT2D eigenvalue weighted by Crippen LogP contribution is -2.15. The van der Waals surface area contributed by atoms with Crippen molar-refractivity contribution in [2.24, 2.45) is 0 Å². The van der Waals surface area contributed by atoms with E-state index < -0.39 is 0 Å². The molecule has 0 spiro atoms. The number of hydrogen-bond acceptors (Lipinski definition) is 3. The lowest BCUT2D eigenvalue weighted by Gasteiger charge is -2.10. The summed E-state index contributed by atoms with van der Waals surface area (Å²) in [6.45, 7) is 4.77. The van der Waals surface area contributed by atoms with E-state index in [1.54, 1.807) is 12.3 Å². The van der Waals surface area contributed by atoms with Crippen LogP contribution in [-0.2, 0) is 6.42 Å². The first-order valence-electron chi connectivity index (χ1n) is 9.74. The zero-order chi connectivity index (χ0) is 20.2. The molecule has 146 valence electrons. The second kappa shape index (κ2) is 8.19. The fourth-order valence-corrected chi connectivity index (χ4v) is 3.37. The summed E-state index contributed by atoms with van der Waals surface area (Å²) in [6.07, 6.45) is 4.66. The molecule has 0 atom stereocenters. The molecule has 2 aromatic heterocycles. The van der Waals surface area contributed by atoms with Gasteiger partial charge in [0.05, 0.1) is 11.9 Å². The normalized spacial score (nSPS) is 10.8. The molecule has 0 saturated carbocycles. The Morgan fingerprint density at radius 3 is 2.76 bits per heavy atom. The summed E-state index contributed by atoms with van der Waals surface area (Å²) in [5.74, 6) is -0.205. The van der Waals surface area contributed by atoms with E-state index in [0.717, 1.165) is 41.0 Å². The Bertz CT molecular complexity index is 1150. The van der Waals surface area contributed by atoms with E-state index in [-0.39, 0.29) is 5.91 Å². The van der Waals surface area contributed by atoms with Gasteiger partial charge >= 0.3 is 0 Å². The number of anilines is 2. The molecular formula is C24H24N4O. The SMILES string of the molecule is Cc1ccc(C)c(NC(=O)c2ccc(NCCc3c[nH]c4ccccc34)cn2)c1. The number of aryl methyl sites for hydroxylation is 2. The average molecular weight is 384 g/mol. The molecule has 0 aliphatic carbocycles. The Morgan fingerprint density at radius 1 is 1.07 bits per heavy atom. The van der Waals surface area contributed by atoms with Gasteiger partial charge in [0.25, 0.3) is 5.91 Å². The maximum atomic E-state index is 12.5. The highest BCUT2D eigenvalue weighted by molar-refractivity contribution is 6.03. The second-order valence-electron chi connectivity index (χ2n) is 7.24. The van der Waals surface area contributed by atoms with Gasteiger partial charge in [-0.25, -0.2) is 4.98 Å². The number of fused-ring (bicyclic) bond motifs is 1. The molecule has 4 rings (SSSR count). The molecule has 5 nitrogen and oxygen atoms in total. The average Bonchev–Trinajstić information content (AvgIpc) is 3.14. The van der Waals surface area contributed by atoms with Gasteiger partial charge in [0.1, 0.15) is 5.69 Å². The summed E-state index contributed by atoms with van der Waals surface area (Å²) in [6, 6.07) is 17.9. The minimum atomic E-state index is -0.205. The van der Waals surface area contributed by atoms with Crippen molar-refractivity contribution in [2.75, 3.05) is 17.2 Å². The highest BCUT2D eigenvalue weighted by Crippen LogP contribution is 2.19. The summed E-state index contributed by atoms with van der Waals surface area (Å²) < 4.78 is 0. The fourth-order valence-electron chi connectivity index (χ4n) is 3.37. The molecule has 1 amide bonds. The summed E-state index contributed by atoms with van der Waals surface area (Å²) in [5.41, 5.74) is 6.68. The second-order valence-corrected chi connectivity index (χ2v) is 7.24. The maximum Gasteiger partial charge on any atom is 0.274 e. The number of aromatic nitrogens is 2. The number of carbonyl (C=O) groups is 1. The van der Waals surface area contributed by atoms with Crippen LogP contribution in [0, 0.1) is 13.8 Å². The smallest absolute Gasteiger partial charge is 0.274 e. The number of rotatable bonds is 6. The van der Waals surface area contributed by atoms with E-state index in [0.29, 0.717) is 5.69 Å². The van der Waals surface area contributed by atoms with Gasteiger partial charge in [0.15, 0.2) is 0 Å². The molecule has 4 aromatic rings. The number of aromatic amines is 1. The van der Waals surface area contributed by atoms with Crippen molar-refractivity contribution in [3.8, 4) is 0 Å². The minimum Gasteiger partial charge on any atom is -0.383 e. The summed E-state index contributed by atoms with van der Waals surface area (Å²) >= 11 is 0. The molecule has 0 radical (unpaired) electrons. The van der Waals surface area contributed by atoms with Crippen LogP contribution in [0.4, 0.5) is 11.4 Å². The van der Waals surface area contributed by atoms with Crippen molar-refractivity contribution in [1.29, 1.82) is 0 Å². The van der Waals surface area contributed by atoms with Crippen LogP contribution in [0.3, 0.4) is 0 Å². The monoisotopic (exact) mass is 384 g/mol. The molecule has 29 heavy (non-hydrogen) atoms. The number of nitrogens with zero attached hydrogens (tertiary/aromatic N) is 1. The Labute approximate surface area is 170 Å². The number of H-pyrrole nitrogens is 1. The van der Waals surface area contributed by atoms with Crippen molar-refractivity contribution in [3.63, 3.8) is 0 Å². The molecule has 5 heteroatoms. The van der Waals surface area contributed by atoms with Gasteiger partial charge < -0.3 is 15.6 Å². The van der Waals surface area contributed by atoms with Crippen molar-refractivity contribution < 1.29 is 4.79 Å². The lowest BCUT2D eigenvalue weighted by molar-refractivity contribution is 0.102. The van der Waals surface area contributed by atoms with Gasteiger partial charge in [-0.1, -0.05) is 30.3 Å². The van der Waals surface area contributed by atoms with Crippen molar-refractivity contribution >= 4 is 28.2 Å². The van der Waals surface area contributed by atoms with Crippen molar-refractivity contribution in [3.05, 3.63) is 89.4 Å². The third-order valence-electron chi connectivity index (χ3n) is 5.04. The van der Waals surface area contributed by atoms with E-state index >= 15 is 0 Å². The predicted molar refractivity (Wildman–Crippen MR) is 119 cm³/mol. The molecule has 3 N–H and O–H groups in total. The molecular weight excluding hydrogens is 360 g/mol. The topological polar surface area (TPSA) is 69.8 Å². The van der Waals surface area contributed by atoms with E-state index in [4.69, 9.17) is 0 Å². The highest BCUT2D eigenvalue weighted by atomic mass is 16.1. The van der Waals surface area contributed by atoms with Gasteiger partial charge in [0.2, 0.25) is 0 Å². The van der Waals surface area contributed by atoms with Crippen LogP contribution in [0.15, 0.2) is 67.0 Å². The first-order valence-corrected chi connectivity index (χ1v) is 9.74. The quantitative estimate of drug-likeness (QED) is 0.434. The Morgan fingerprint density at radius 2 is 1.93 bits per heavy atom. The fraction of sp³-hybridized carbons (Fsp3) is 0.167. The van der Waals surface area contributed by atoms with E-state index in [2.05, 4.69) is 45.0 Å². The predicted octanol–water partition coefficient (Wildman–Crippen LogP) is 5.09. The van der Waals surface area contributed by atoms with Crippen LogP contribution < -0.4 is 10.6 Å². The Kier molecular flexibility index (Phi) is 5.29. The molecule has 0 saturated heterocycles. The van der Waals surface area contributed by atoms with Gasteiger partial charge in [0, 0.05) is 29.3 Å². The molecule has 2 heterocycles. The number of carbonyl (C=O) groups excluding carboxylic acids is 1. The van der Waals surface area contributed by atoms with Crippen molar-refractivity contribution in [1.82, 2.24) is 9.97 Å². The number of amides is 1. The van der Waals surface area contributed by atoms with Crippen LogP contribution >= 0.6 is 0 Å². The zero-order valence-corrected chi connectivity index (χ0v) is 16.6. The Hall–Kier alpha value is -3.60. The number of para-hydroxylation sites is 1. The number of nitrogens with one attached hydrogen (secondary N) is 3. The van der Waals surface area contributed by atoms with E-state index in [1.807, 2.05) is 44.2 Å². The summed E-state index contributed by atoms with van der Waals surface area (Å²) in [4.78, 5) is 20.1. The van der Waals surface area contributed by atoms with Gasteiger partial charge in [-0.2, -0.15) is 0 Å². The zero-order valence-electron chi connectivity index (χ0n) is 16.6. The van der Waals surface area contributed by atoms with E-state index in [1.165, 1.54) is 10.9 Å². The number of pyridine rings is 1. The molecule has 0 aliphatic heterocycles. The molecule has 0 unspecified atom stereocenters. The standard InChI is InChI=1S/C24H24N4O/c1-16-7-8-17(2)23(13-16)28-24(29)22-10-9-19(15-27-22)25-12-11-18-14-26-21-6-4-3-5-20(18)21/h3-10,13-15,25-26H,11-12H2,1-2H3,(H,28,29). The summed E-state index contributed by atoms with van der Waals surface area (Å²) in [5, 5.41) is 7.57. The van der Waals surface area contributed by atoms with Gasteiger partial charge in [-0.15, -0.1) is 0 Å². The molecule has 0 fully saturated rings. The van der Waals surface area contributed by atoms with Crippen LogP contribution in [0.25, 0.3) is 10.9 Å². The number of hydrogen-bond donors (Lipinski definition) is 3. The minimum absolute atomic E-state index is 0.205. The third-order valence-corrected chi connectivity index (χ3v) is 5.04. The van der Waals surface area contributed by atoms with Crippen LogP contribution in [0.2, 0.25) is 0 Å². The van der Waals surface area contributed by atoms with Crippen LogP contribution in [0.1, 0.15) is 27.2 Å². The first kappa shape index (κ1) is 18.7. The van der Waals surface area contributed by atoms with Gasteiger partial charge in [-0.05, 0) is 61.2 Å². The Balaban J connectivity index is 1.35. The van der Waals surface area contributed by atoms with Crippen molar-refractivity contribution in [2.45, 2.75) is 20.3 Å². The van der Waals surface area contributed by atoms with E-state index in [9.17, 15) is 4.79 Å². The highest BCUT2D eigenvalue weighted by Gasteiger charge is 2.09.